The molecule has 0 aliphatic carbocycles. The molecule has 0 saturated heterocycles. The predicted molar refractivity (Wildman–Crippen MR) is 99.6 cm³/mol. The van der Waals surface area contributed by atoms with Crippen LogP contribution in [0.1, 0.15) is 22.3 Å². The van der Waals surface area contributed by atoms with Crippen molar-refractivity contribution >= 4 is 16.9 Å². The zero-order chi connectivity index (χ0) is 21.3. The van der Waals surface area contributed by atoms with Gasteiger partial charge in [0.15, 0.2) is 0 Å². The molecule has 0 aromatic carbocycles. The van der Waals surface area contributed by atoms with E-state index in [4.69, 9.17) is 0 Å². The van der Waals surface area contributed by atoms with Crippen LogP contribution in [0.25, 0.3) is 11.0 Å². The Kier molecular flexibility index (Phi) is 5.06. The van der Waals surface area contributed by atoms with Crippen molar-refractivity contribution in [3.8, 4) is 0 Å². The fourth-order valence-electron chi connectivity index (χ4n) is 3.11. The van der Waals surface area contributed by atoms with Crippen LogP contribution in [0.5, 0.6) is 0 Å². The molecule has 0 bridgehead atoms. The second-order valence-electron chi connectivity index (χ2n) is 6.57. The Bertz CT molecular complexity index is 1200. The molecule has 154 valence electrons. The van der Waals surface area contributed by atoms with Gasteiger partial charge in [-0.3, -0.25) is 4.98 Å². The van der Waals surface area contributed by atoms with Crippen molar-refractivity contribution in [3.05, 3.63) is 83.1 Å². The molecule has 0 amide bonds. The Morgan fingerprint density at radius 2 is 1.83 bits per heavy atom. The molecule has 0 aliphatic heterocycles. The van der Waals surface area contributed by atoms with E-state index < -0.39 is 23.5 Å². The first kappa shape index (κ1) is 19.7. The minimum atomic E-state index is -4.52. The smallest absolute Gasteiger partial charge is 0.366 e. The van der Waals surface area contributed by atoms with E-state index in [0.29, 0.717) is 16.6 Å². The average molecular weight is 419 g/mol. The van der Waals surface area contributed by atoms with Crippen molar-refractivity contribution in [1.82, 2.24) is 19.9 Å². The summed E-state index contributed by atoms with van der Waals surface area (Å²) >= 11 is 0. The Labute approximate surface area is 167 Å². The molecular formula is C20H14F5N5. The SMILES string of the molecule is Fc1cnc2[nH]cc(Cc3ccc(NCc4cnccc4C(F)(F)F)nc3F)c2c1. The molecule has 0 radical (unpaired) electrons. The maximum Gasteiger partial charge on any atom is 0.416 e. The van der Waals surface area contributed by atoms with Crippen LogP contribution in [0.15, 0.2) is 49.1 Å². The van der Waals surface area contributed by atoms with Gasteiger partial charge in [-0.05, 0) is 23.8 Å². The van der Waals surface area contributed by atoms with Crippen molar-refractivity contribution in [1.29, 1.82) is 0 Å². The molecule has 2 N–H and O–H groups in total. The average Bonchev–Trinajstić information content (AvgIpc) is 3.09. The van der Waals surface area contributed by atoms with Crippen molar-refractivity contribution in [2.24, 2.45) is 0 Å². The molecule has 4 aromatic rings. The number of hydrogen-bond acceptors (Lipinski definition) is 4. The third-order valence-corrected chi connectivity index (χ3v) is 4.56. The third-order valence-electron chi connectivity index (χ3n) is 4.56. The first-order valence-electron chi connectivity index (χ1n) is 8.82. The fraction of sp³-hybridized carbons (Fsp3) is 0.150. The lowest BCUT2D eigenvalue weighted by Gasteiger charge is -2.13. The van der Waals surface area contributed by atoms with Gasteiger partial charge in [0.25, 0.3) is 0 Å². The van der Waals surface area contributed by atoms with Gasteiger partial charge in [-0.15, -0.1) is 0 Å². The van der Waals surface area contributed by atoms with E-state index in [0.717, 1.165) is 24.7 Å². The Balaban J connectivity index is 1.51. The van der Waals surface area contributed by atoms with Crippen molar-refractivity contribution in [2.75, 3.05) is 5.32 Å². The molecule has 0 atom stereocenters. The maximum atomic E-state index is 14.5. The van der Waals surface area contributed by atoms with Crippen LogP contribution in [0, 0.1) is 11.8 Å². The summed E-state index contributed by atoms with van der Waals surface area (Å²) in [7, 11) is 0. The number of aromatic amines is 1. The Hall–Kier alpha value is -3.56. The second-order valence-corrected chi connectivity index (χ2v) is 6.57. The molecule has 4 aromatic heterocycles. The molecule has 0 aliphatic rings. The molecule has 0 saturated carbocycles. The van der Waals surface area contributed by atoms with Crippen LogP contribution in [0.3, 0.4) is 0 Å². The number of nitrogens with one attached hydrogen (secondary N) is 2. The number of nitrogens with zero attached hydrogens (tertiary/aromatic N) is 3. The highest BCUT2D eigenvalue weighted by atomic mass is 19.4. The summed E-state index contributed by atoms with van der Waals surface area (Å²) in [6.45, 7) is -0.220. The summed E-state index contributed by atoms with van der Waals surface area (Å²) in [5.41, 5.74) is 0.480. The van der Waals surface area contributed by atoms with Gasteiger partial charge in [0, 0.05) is 48.1 Å². The van der Waals surface area contributed by atoms with Crippen LogP contribution >= 0.6 is 0 Å². The zero-order valence-electron chi connectivity index (χ0n) is 15.3. The van der Waals surface area contributed by atoms with Gasteiger partial charge in [0.2, 0.25) is 5.95 Å². The lowest BCUT2D eigenvalue weighted by atomic mass is 10.1. The van der Waals surface area contributed by atoms with Crippen molar-refractivity contribution in [2.45, 2.75) is 19.1 Å². The highest BCUT2D eigenvalue weighted by molar-refractivity contribution is 5.80. The predicted octanol–water partition coefficient (Wildman–Crippen LogP) is 4.85. The van der Waals surface area contributed by atoms with Crippen molar-refractivity contribution in [3.63, 3.8) is 0 Å². The monoisotopic (exact) mass is 419 g/mol. The number of pyridine rings is 3. The Morgan fingerprint density at radius 1 is 1.00 bits per heavy atom. The van der Waals surface area contributed by atoms with E-state index in [2.05, 4.69) is 25.3 Å². The third kappa shape index (κ3) is 4.07. The van der Waals surface area contributed by atoms with Gasteiger partial charge in [0.05, 0.1) is 11.8 Å². The number of halogens is 5. The van der Waals surface area contributed by atoms with Crippen molar-refractivity contribution < 1.29 is 22.0 Å². The summed E-state index contributed by atoms with van der Waals surface area (Å²) in [6, 6.07) is 5.13. The lowest BCUT2D eigenvalue weighted by molar-refractivity contribution is -0.138. The van der Waals surface area contributed by atoms with E-state index in [1.54, 1.807) is 6.20 Å². The molecule has 0 spiro atoms. The normalized spacial score (nSPS) is 11.8. The number of hydrogen-bond donors (Lipinski definition) is 2. The lowest BCUT2D eigenvalue weighted by Crippen LogP contribution is -2.13. The molecule has 0 unspecified atom stereocenters. The number of anilines is 1. The van der Waals surface area contributed by atoms with Crippen LogP contribution < -0.4 is 5.32 Å². The molecule has 0 fully saturated rings. The van der Waals surface area contributed by atoms with Crippen LogP contribution in [-0.4, -0.2) is 19.9 Å². The summed E-state index contributed by atoms with van der Waals surface area (Å²) in [5.74, 6) is -1.20. The highest BCUT2D eigenvalue weighted by Crippen LogP contribution is 2.31. The van der Waals surface area contributed by atoms with E-state index >= 15 is 0 Å². The minimum Gasteiger partial charge on any atom is -0.366 e. The first-order valence-corrected chi connectivity index (χ1v) is 8.82. The Morgan fingerprint density at radius 3 is 2.60 bits per heavy atom. The number of fused-ring (bicyclic) bond motifs is 1. The van der Waals surface area contributed by atoms with Gasteiger partial charge in [-0.1, -0.05) is 6.07 Å². The topological polar surface area (TPSA) is 66.5 Å². The summed E-state index contributed by atoms with van der Waals surface area (Å²) in [6.07, 6.45) is 0.485. The fourth-order valence-corrected chi connectivity index (χ4v) is 3.11. The summed E-state index contributed by atoms with van der Waals surface area (Å²) < 4.78 is 67.1. The van der Waals surface area contributed by atoms with E-state index in [9.17, 15) is 22.0 Å². The first-order chi connectivity index (χ1) is 14.3. The standard InChI is InChI=1S/C20H14F5N5/c21-14-6-15-12(8-28-19(15)29-10-14)5-11-1-2-17(30-18(11)22)27-9-13-7-26-4-3-16(13)20(23,24)25/h1-4,6-8,10H,5,9H2,(H,27,30)(H,28,29). The van der Waals surface area contributed by atoms with Gasteiger partial charge < -0.3 is 10.3 Å². The molecule has 4 heterocycles. The zero-order valence-corrected chi connectivity index (χ0v) is 15.3. The molecule has 10 heteroatoms. The summed E-state index contributed by atoms with van der Waals surface area (Å²) in [4.78, 5) is 14.3. The van der Waals surface area contributed by atoms with Gasteiger partial charge >= 0.3 is 6.18 Å². The maximum absolute atomic E-state index is 14.5. The van der Waals surface area contributed by atoms with E-state index in [-0.39, 0.29) is 29.9 Å². The summed E-state index contributed by atoms with van der Waals surface area (Å²) in [5, 5.41) is 3.22. The molecule has 5 nitrogen and oxygen atoms in total. The van der Waals surface area contributed by atoms with Gasteiger partial charge in [-0.2, -0.15) is 17.6 Å². The number of aromatic nitrogens is 4. The van der Waals surface area contributed by atoms with Gasteiger partial charge in [0.1, 0.15) is 17.3 Å². The number of H-pyrrole nitrogens is 1. The number of alkyl halides is 3. The van der Waals surface area contributed by atoms with Crippen LogP contribution in [-0.2, 0) is 19.1 Å². The largest absolute Gasteiger partial charge is 0.416 e. The van der Waals surface area contributed by atoms with E-state index in [1.165, 1.54) is 18.2 Å². The second kappa shape index (κ2) is 7.69. The molecule has 4 rings (SSSR count). The highest BCUT2D eigenvalue weighted by Gasteiger charge is 2.33. The van der Waals surface area contributed by atoms with E-state index in [1.807, 2.05) is 0 Å². The molecular weight excluding hydrogens is 405 g/mol. The van der Waals surface area contributed by atoms with Crippen LogP contribution in [0.2, 0.25) is 0 Å². The minimum absolute atomic E-state index is 0.0791. The van der Waals surface area contributed by atoms with Gasteiger partial charge in [-0.25, -0.2) is 14.4 Å². The quantitative estimate of drug-likeness (QED) is 0.358. The molecule has 30 heavy (non-hydrogen) atoms. The number of rotatable bonds is 5. The van der Waals surface area contributed by atoms with Crippen LogP contribution in [0.4, 0.5) is 27.8 Å².